The first-order chi connectivity index (χ1) is 9.25. The van der Waals surface area contributed by atoms with Crippen LogP contribution in [0.5, 0.6) is 0 Å². The van der Waals surface area contributed by atoms with Crippen molar-refractivity contribution < 1.29 is 5.11 Å². The maximum atomic E-state index is 9.76. The van der Waals surface area contributed by atoms with E-state index < -0.39 is 6.10 Å². The topological polar surface area (TPSA) is 25.2 Å². The summed E-state index contributed by atoms with van der Waals surface area (Å²) in [5.41, 5.74) is 2.23. The van der Waals surface area contributed by atoms with Crippen molar-refractivity contribution in [1.29, 1.82) is 0 Å². The van der Waals surface area contributed by atoms with Crippen LogP contribution in [0.25, 0.3) is 10.8 Å². The van der Waals surface area contributed by atoms with Crippen molar-refractivity contribution in [2.24, 2.45) is 0 Å². The second-order valence-electron chi connectivity index (χ2n) is 4.88. The van der Waals surface area contributed by atoms with Gasteiger partial charge in [0, 0.05) is 18.4 Å². The zero-order chi connectivity index (χ0) is 13.2. The van der Waals surface area contributed by atoms with Crippen LogP contribution < -0.4 is 0 Å². The van der Waals surface area contributed by atoms with E-state index in [4.69, 9.17) is 0 Å². The summed E-state index contributed by atoms with van der Waals surface area (Å²) in [6.45, 7) is 2.59. The van der Waals surface area contributed by atoms with Gasteiger partial charge in [-0.05, 0) is 35.4 Å². The fourth-order valence-electron chi connectivity index (χ4n) is 2.56. The van der Waals surface area contributed by atoms with E-state index in [1.165, 1.54) is 16.3 Å². The summed E-state index contributed by atoms with van der Waals surface area (Å²) >= 11 is 0. The van der Waals surface area contributed by atoms with Crippen LogP contribution in [0.1, 0.15) is 24.3 Å². The van der Waals surface area contributed by atoms with Crippen LogP contribution in [0.15, 0.2) is 60.8 Å². The molecule has 1 N–H and O–H groups in total. The Morgan fingerprint density at radius 3 is 2.63 bits per heavy atom. The van der Waals surface area contributed by atoms with Gasteiger partial charge in [0.1, 0.15) is 0 Å². The molecule has 0 radical (unpaired) electrons. The molecule has 19 heavy (non-hydrogen) atoms. The highest BCUT2D eigenvalue weighted by molar-refractivity contribution is 5.85. The van der Waals surface area contributed by atoms with Gasteiger partial charge in [0.05, 0.1) is 6.10 Å². The minimum absolute atomic E-state index is 0.440. The van der Waals surface area contributed by atoms with Gasteiger partial charge >= 0.3 is 0 Å². The second-order valence-corrected chi connectivity index (χ2v) is 4.88. The van der Waals surface area contributed by atoms with Gasteiger partial charge in [0.15, 0.2) is 0 Å². The van der Waals surface area contributed by atoms with E-state index in [2.05, 4.69) is 47.0 Å². The second kappa shape index (κ2) is 4.90. The Balaban J connectivity index is 2.04. The summed E-state index contributed by atoms with van der Waals surface area (Å²) in [5.74, 6) is 0. The summed E-state index contributed by atoms with van der Waals surface area (Å²) < 4.78 is 2.10. The van der Waals surface area contributed by atoms with Gasteiger partial charge in [-0.2, -0.15) is 0 Å². The van der Waals surface area contributed by atoms with E-state index in [1.54, 1.807) is 6.92 Å². The van der Waals surface area contributed by atoms with E-state index in [0.717, 1.165) is 12.2 Å². The van der Waals surface area contributed by atoms with Crippen molar-refractivity contribution in [2.45, 2.75) is 19.6 Å². The lowest BCUT2D eigenvalue weighted by atomic mass is 10.0. The summed E-state index contributed by atoms with van der Waals surface area (Å²) in [6.07, 6.45) is 1.58. The number of rotatable bonds is 3. The maximum Gasteiger partial charge on any atom is 0.0911 e. The van der Waals surface area contributed by atoms with Crippen molar-refractivity contribution in [1.82, 2.24) is 4.57 Å². The molecule has 2 nitrogen and oxygen atoms in total. The van der Waals surface area contributed by atoms with Crippen LogP contribution in [0.2, 0.25) is 0 Å². The average Bonchev–Trinajstić information content (AvgIpc) is 2.87. The maximum absolute atomic E-state index is 9.76. The molecular formula is C17H17NO. The molecule has 2 aromatic carbocycles. The molecular weight excluding hydrogens is 234 g/mol. The lowest BCUT2D eigenvalue weighted by Gasteiger charge is -2.13. The Kier molecular flexibility index (Phi) is 3.10. The zero-order valence-corrected chi connectivity index (χ0v) is 11.0. The van der Waals surface area contributed by atoms with Gasteiger partial charge in [-0.25, -0.2) is 0 Å². The Morgan fingerprint density at radius 2 is 1.79 bits per heavy atom. The lowest BCUT2D eigenvalue weighted by molar-refractivity contribution is 0.190. The number of aliphatic hydroxyl groups is 1. The van der Waals surface area contributed by atoms with E-state index in [-0.39, 0.29) is 0 Å². The third kappa shape index (κ3) is 2.27. The summed E-state index contributed by atoms with van der Waals surface area (Å²) in [5, 5.41) is 12.3. The fraction of sp³-hybridized carbons (Fsp3) is 0.176. The molecule has 0 aliphatic heterocycles. The molecule has 96 valence electrons. The monoisotopic (exact) mass is 251 g/mol. The highest BCUT2D eigenvalue weighted by atomic mass is 16.3. The third-order valence-electron chi connectivity index (χ3n) is 3.51. The number of aliphatic hydroxyl groups excluding tert-OH is 1. The normalized spacial score (nSPS) is 12.7. The van der Waals surface area contributed by atoms with Crippen LogP contribution in [0, 0.1) is 0 Å². The smallest absolute Gasteiger partial charge is 0.0911 e. The fourth-order valence-corrected chi connectivity index (χ4v) is 2.56. The molecule has 1 heterocycles. The Labute approximate surface area is 112 Å². The number of benzene rings is 2. The number of fused-ring (bicyclic) bond motifs is 1. The molecule has 3 rings (SSSR count). The Hall–Kier alpha value is -2.06. The average molecular weight is 251 g/mol. The standard InChI is InChI=1S/C17H17NO/c1-13(19)17-10-5-11-18(17)12-15-8-4-7-14-6-2-3-9-16(14)15/h2-11,13,19H,12H2,1H3. The van der Waals surface area contributed by atoms with Gasteiger partial charge in [0.2, 0.25) is 0 Å². The predicted molar refractivity (Wildman–Crippen MR) is 78.1 cm³/mol. The van der Waals surface area contributed by atoms with Crippen LogP contribution in [-0.4, -0.2) is 9.67 Å². The van der Waals surface area contributed by atoms with Gasteiger partial charge in [-0.15, -0.1) is 0 Å². The van der Waals surface area contributed by atoms with Crippen molar-refractivity contribution >= 4 is 10.8 Å². The first-order valence-electron chi connectivity index (χ1n) is 6.55. The van der Waals surface area contributed by atoms with Gasteiger partial charge in [0.25, 0.3) is 0 Å². The van der Waals surface area contributed by atoms with E-state index in [1.807, 2.05) is 18.3 Å². The minimum atomic E-state index is -0.440. The summed E-state index contributed by atoms with van der Waals surface area (Å²) in [7, 11) is 0. The number of aromatic nitrogens is 1. The third-order valence-corrected chi connectivity index (χ3v) is 3.51. The molecule has 0 spiro atoms. The van der Waals surface area contributed by atoms with Crippen LogP contribution >= 0.6 is 0 Å². The largest absolute Gasteiger partial charge is 0.387 e. The van der Waals surface area contributed by atoms with Crippen molar-refractivity contribution in [2.75, 3.05) is 0 Å². The molecule has 0 bridgehead atoms. The van der Waals surface area contributed by atoms with Crippen molar-refractivity contribution in [3.63, 3.8) is 0 Å². The molecule has 0 fully saturated rings. The predicted octanol–water partition coefficient (Wildman–Crippen LogP) is 3.74. The zero-order valence-electron chi connectivity index (χ0n) is 11.0. The molecule has 1 unspecified atom stereocenters. The number of hydrogen-bond acceptors (Lipinski definition) is 1. The van der Waals surface area contributed by atoms with Gasteiger partial charge in [-0.3, -0.25) is 0 Å². The minimum Gasteiger partial charge on any atom is -0.387 e. The quantitative estimate of drug-likeness (QED) is 0.753. The lowest BCUT2D eigenvalue weighted by Crippen LogP contribution is -2.06. The molecule has 0 saturated heterocycles. The number of nitrogens with zero attached hydrogens (tertiary/aromatic N) is 1. The molecule has 0 aliphatic carbocycles. The van der Waals surface area contributed by atoms with Crippen molar-refractivity contribution in [3.8, 4) is 0 Å². The van der Waals surface area contributed by atoms with Crippen molar-refractivity contribution in [3.05, 3.63) is 72.1 Å². The number of hydrogen-bond donors (Lipinski definition) is 1. The molecule has 0 aliphatic rings. The summed E-state index contributed by atoms with van der Waals surface area (Å²) in [4.78, 5) is 0. The highest BCUT2D eigenvalue weighted by Crippen LogP contribution is 2.21. The summed E-state index contributed by atoms with van der Waals surface area (Å²) in [6, 6.07) is 18.7. The van der Waals surface area contributed by atoms with Crippen LogP contribution in [0.3, 0.4) is 0 Å². The van der Waals surface area contributed by atoms with Gasteiger partial charge in [-0.1, -0.05) is 42.5 Å². The molecule has 1 aromatic heterocycles. The Morgan fingerprint density at radius 1 is 1.00 bits per heavy atom. The van der Waals surface area contributed by atoms with E-state index in [9.17, 15) is 5.11 Å². The molecule has 1 atom stereocenters. The van der Waals surface area contributed by atoms with Crippen LogP contribution in [0.4, 0.5) is 0 Å². The molecule has 0 saturated carbocycles. The molecule has 3 aromatic rings. The van der Waals surface area contributed by atoms with E-state index >= 15 is 0 Å². The van der Waals surface area contributed by atoms with Gasteiger partial charge < -0.3 is 9.67 Å². The first kappa shape index (κ1) is 12.0. The molecule has 0 amide bonds. The molecule has 2 heteroatoms. The Bertz CT molecular complexity index is 692. The van der Waals surface area contributed by atoms with Crippen LogP contribution in [-0.2, 0) is 6.54 Å². The van der Waals surface area contributed by atoms with E-state index in [0.29, 0.717) is 0 Å². The highest BCUT2D eigenvalue weighted by Gasteiger charge is 2.08. The first-order valence-corrected chi connectivity index (χ1v) is 6.55. The SMILES string of the molecule is CC(O)c1cccn1Cc1cccc2ccccc12.